The number of hydrogen-bond acceptors (Lipinski definition) is 5. The Kier molecular flexibility index (Phi) is 5.02. The van der Waals surface area contributed by atoms with Crippen molar-refractivity contribution in [2.24, 2.45) is 0 Å². The summed E-state index contributed by atoms with van der Waals surface area (Å²) in [5.74, 6) is 0. The van der Waals surface area contributed by atoms with Gasteiger partial charge in [0, 0.05) is 17.8 Å². The van der Waals surface area contributed by atoms with Crippen LogP contribution in [0.5, 0.6) is 0 Å². The van der Waals surface area contributed by atoms with Gasteiger partial charge in [0.1, 0.15) is 4.90 Å². The fourth-order valence-corrected chi connectivity index (χ4v) is 4.75. The number of nitrogens with zero attached hydrogens (tertiary/aromatic N) is 2. The van der Waals surface area contributed by atoms with E-state index in [0.29, 0.717) is 29.4 Å². The standard InChI is InChI=1S/C13H24N4O2S2/c1-10-12(11(2)17(16-10)8-7-14-3)21(18,19)15-9-13(20-4)5-6-13/h14-15H,5-9H2,1-4H3. The molecule has 0 bridgehead atoms. The maximum Gasteiger partial charge on any atom is 0.244 e. The van der Waals surface area contributed by atoms with Crippen molar-refractivity contribution in [3.05, 3.63) is 11.4 Å². The molecule has 2 N–H and O–H groups in total. The van der Waals surface area contributed by atoms with E-state index in [2.05, 4.69) is 15.1 Å². The minimum atomic E-state index is -3.50. The van der Waals surface area contributed by atoms with E-state index in [1.807, 2.05) is 20.2 Å². The van der Waals surface area contributed by atoms with E-state index in [0.717, 1.165) is 19.4 Å². The number of hydrogen-bond donors (Lipinski definition) is 2. The minimum absolute atomic E-state index is 0.108. The quantitative estimate of drug-likeness (QED) is 0.739. The third-order valence-corrected chi connectivity index (χ3v) is 7.05. The molecule has 6 nitrogen and oxygen atoms in total. The number of nitrogens with one attached hydrogen (secondary N) is 2. The zero-order valence-corrected chi connectivity index (χ0v) is 14.7. The van der Waals surface area contributed by atoms with Gasteiger partial charge in [-0.2, -0.15) is 16.9 Å². The molecule has 0 aliphatic heterocycles. The van der Waals surface area contributed by atoms with Crippen LogP contribution in [0.15, 0.2) is 4.90 Å². The molecule has 1 saturated carbocycles. The highest BCUT2D eigenvalue weighted by Gasteiger charge is 2.43. The van der Waals surface area contributed by atoms with Crippen LogP contribution in [0.2, 0.25) is 0 Å². The third kappa shape index (κ3) is 3.61. The lowest BCUT2D eigenvalue weighted by atomic mass is 10.4. The lowest BCUT2D eigenvalue weighted by Gasteiger charge is -2.13. The molecule has 1 aliphatic carbocycles. The van der Waals surface area contributed by atoms with Crippen LogP contribution < -0.4 is 10.0 Å². The fraction of sp³-hybridized carbons (Fsp3) is 0.769. The van der Waals surface area contributed by atoms with Gasteiger partial charge in [-0.15, -0.1) is 0 Å². The summed E-state index contributed by atoms with van der Waals surface area (Å²) in [4.78, 5) is 0.329. The Morgan fingerprint density at radius 2 is 2.05 bits per heavy atom. The zero-order chi connectivity index (χ0) is 15.7. The van der Waals surface area contributed by atoms with Crippen LogP contribution in [0.25, 0.3) is 0 Å². The number of thioether (sulfide) groups is 1. The first-order chi connectivity index (χ1) is 9.85. The molecule has 1 heterocycles. The Morgan fingerprint density at radius 1 is 1.38 bits per heavy atom. The van der Waals surface area contributed by atoms with Gasteiger partial charge < -0.3 is 5.32 Å². The number of rotatable bonds is 8. The van der Waals surface area contributed by atoms with E-state index in [9.17, 15) is 8.42 Å². The molecule has 0 unspecified atom stereocenters. The molecule has 0 atom stereocenters. The summed E-state index contributed by atoms with van der Waals surface area (Å²) in [6.07, 6.45) is 4.19. The number of likely N-dealkylation sites (N-methyl/N-ethyl adjacent to an activating group) is 1. The van der Waals surface area contributed by atoms with Crippen molar-refractivity contribution in [2.45, 2.75) is 42.9 Å². The average Bonchev–Trinajstić information content (AvgIpc) is 3.16. The minimum Gasteiger partial charge on any atom is -0.318 e. The predicted molar refractivity (Wildman–Crippen MR) is 86.3 cm³/mol. The summed E-state index contributed by atoms with van der Waals surface area (Å²) in [7, 11) is -1.63. The Balaban J connectivity index is 2.17. The van der Waals surface area contributed by atoms with Crippen LogP contribution in [0.4, 0.5) is 0 Å². The van der Waals surface area contributed by atoms with Crippen LogP contribution in [0.1, 0.15) is 24.2 Å². The smallest absolute Gasteiger partial charge is 0.244 e. The first-order valence-corrected chi connectivity index (χ1v) is 9.79. The molecule has 1 aromatic heterocycles. The second-order valence-corrected chi connectivity index (χ2v) is 8.52. The summed E-state index contributed by atoms with van der Waals surface area (Å²) in [6.45, 7) is 5.47. The Hall–Kier alpha value is -0.570. The number of sulfonamides is 1. The van der Waals surface area contributed by atoms with E-state index in [4.69, 9.17) is 0 Å². The van der Waals surface area contributed by atoms with Crippen molar-refractivity contribution < 1.29 is 8.42 Å². The lowest BCUT2D eigenvalue weighted by molar-refractivity contribution is 0.563. The second kappa shape index (κ2) is 6.28. The van der Waals surface area contributed by atoms with E-state index in [1.165, 1.54) is 0 Å². The van der Waals surface area contributed by atoms with E-state index in [1.54, 1.807) is 23.4 Å². The normalized spacial score (nSPS) is 17.1. The highest BCUT2D eigenvalue weighted by atomic mass is 32.2. The van der Waals surface area contributed by atoms with Crippen LogP contribution in [0.3, 0.4) is 0 Å². The maximum atomic E-state index is 12.6. The van der Waals surface area contributed by atoms with E-state index >= 15 is 0 Å². The van der Waals surface area contributed by atoms with Gasteiger partial charge in [0.15, 0.2) is 0 Å². The molecule has 2 rings (SSSR count). The summed E-state index contributed by atoms with van der Waals surface area (Å²) >= 11 is 1.74. The second-order valence-electron chi connectivity index (χ2n) is 5.54. The van der Waals surface area contributed by atoms with Gasteiger partial charge in [-0.25, -0.2) is 13.1 Å². The lowest BCUT2D eigenvalue weighted by Crippen LogP contribution is -2.32. The Bertz CT molecular complexity index is 606. The number of aryl methyl sites for hydroxylation is 1. The molecular formula is C13H24N4O2S2. The van der Waals surface area contributed by atoms with Gasteiger partial charge in [0.25, 0.3) is 0 Å². The van der Waals surface area contributed by atoms with Gasteiger partial charge in [-0.1, -0.05) is 0 Å². The van der Waals surface area contributed by atoms with Crippen molar-refractivity contribution in [3.63, 3.8) is 0 Å². The van der Waals surface area contributed by atoms with Crippen LogP contribution in [-0.4, -0.2) is 49.3 Å². The van der Waals surface area contributed by atoms with Crippen LogP contribution in [-0.2, 0) is 16.6 Å². The molecule has 0 spiro atoms. The monoisotopic (exact) mass is 332 g/mol. The average molecular weight is 332 g/mol. The molecule has 1 aliphatic rings. The summed E-state index contributed by atoms with van der Waals surface area (Å²) < 4.78 is 29.7. The van der Waals surface area contributed by atoms with Crippen molar-refractivity contribution >= 4 is 21.8 Å². The maximum absolute atomic E-state index is 12.6. The fourth-order valence-electron chi connectivity index (χ4n) is 2.40. The van der Waals surface area contributed by atoms with Gasteiger partial charge in [0.2, 0.25) is 10.0 Å². The van der Waals surface area contributed by atoms with E-state index in [-0.39, 0.29) is 4.75 Å². The molecule has 0 amide bonds. The van der Waals surface area contributed by atoms with Gasteiger partial charge in [-0.3, -0.25) is 4.68 Å². The molecule has 1 aromatic rings. The summed E-state index contributed by atoms with van der Waals surface area (Å²) in [6, 6.07) is 0. The molecule has 0 radical (unpaired) electrons. The van der Waals surface area contributed by atoms with Crippen molar-refractivity contribution in [1.29, 1.82) is 0 Å². The Morgan fingerprint density at radius 3 is 2.57 bits per heavy atom. The summed E-state index contributed by atoms with van der Waals surface area (Å²) in [5, 5.41) is 7.39. The van der Waals surface area contributed by atoms with Crippen molar-refractivity contribution in [3.8, 4) is 0 Å². The highest BCUT2D eigenvalue weighted by Crippen LogP contribution is 2.46. The Labute approximate surface area is 131 Å². The summed E-state index contributed by atoms with van der Waals surface area (Å²) in [5.41, 5.74) is 1.26. The van der Waals surface area contributed by atoms with Crippen LogP contribution in [0, 0.1) is 13.8 Å². The third-order valence-electron chi connectivity index (χ3n) is 3.98. The SMILES string of the molecule is CNCCn1nc(C)c(S(=O)(=O)NCC2(SC)CC2)c1C. The first-order valence-electron chi connectivity index (χ1n) is 7.09. The zero-order valence-electron chi connectivity index (χ0n) is 13.1. The van der Waals surface area contributed by atoms with Gasteiger partial charge in [0.05, 0.1) is 17.9 Å². The molecule has 1 fully saturated rings. The molecule has 120 valence electrons. The van der Waals surface area contributed by atoms with Crippen molar-refractivity contribution in [2.75, 3.05) is 26.4 Å². The molecular weight excluding hydrogens is 308 g/mol. The molecule has 8 heteroatoms. The molecule has 0 aromatic carbocycles. The highest BCUT2D eigenvalue weighted by molar-refractivity contribution is 8.00. The van der Waals surface area contributed by atoms with Gasteiger partial charge >= 0.3 is 0 Å². The topological polar surface area (TPSA) is 76.0 Å². The first kappa shape index (κ1) is 16.8. The predicted octanol–water partition coefficient (Wildman–Crippen LogP) is 0.893. The van der Waals surface area contributed by atoms with E-state index < -0.39 is 10.0 Å². The van der Waals surface area contributed by atoms with Crippen molar-refractivity contribution in [1.82, 2.24) is 19.8 Å². The largest absolute Gasteiger partial charge is 0.318 e. The molecule has 21 heavy (non-hydrogen) atoms. The molecule has 0 saturated heterocycles. The van der Waals surface area contributed by atoms with Crippen LogP contribution >= 0.6 is 11.8 Å². The van der Waals surface area contributed by atoms with Gasteiger partial charge in [-0.05, 0) is 40.0 Å². The number of aromatic nitrogens is 2.